The lowest BCUT2D eigenvalue weighted by molar-refractivity contribution is -0.132. The Morgan fingerprint density at radius 2 is 1.88 bits per heavy atom. The lowest BCUT2D eigenvalue weighted by atomic mass is 9.95. The van der Waals surface area contributed by atoms with Crippen molar-refractivity contribution in [1.82, 2.24) is 25.3 Å². The number of fused-ring (bicyclic) bond motifs is 1. The van der Waals surface area contributed by atoms with Gasteiger partial charge in [-0.2, -0.15) is 5.10 Å². The second-order valence-corrected chi connectivity index (χ2v) is 9.22. The van der Waals surface area contributed by atoms with Crippen LogP contribution in [0.4, 0.5) is 0 Å². The van der Waals surface area contributed by atoms with Gasteiger partial charge in [0.1, 0.15) is 11.2 Å². The van der Waals surface area contributed by atoms with E-state index in [0.717, 1.165) is 12.0 Å². The summed E-state index contributed by atoms with van der Waals surface area (Å²) in [5.41, 5.74) is 0.412. The van der Waals surface area contributed by atoms with Gasteiger partial charge in [0.25, 0.3) is 11.8 Å². The Labute approximate surface area is 193 Å². The molecule has 32 heavy (non-hydrogen) atoms. The number of halogens is 1. The van der Waals surface area contributed by atoms with Crippen molar-refractivity contribution in [1.29, 1.82) is 0 Å². The number of rotatable bonds is 8. The summed E-state index contributed by atoms with van der Waals surface area (Å²) in [5, 5.41) is 10.7. The van der Waals surface area contributed by atoms with Crippen LogP contribution in [0.15, 0.2) is 30.3 Å². The van der Waals surface area contributed by atoms with Crippen molar-refractivity contribution in [3.05, 3.63) is 52.3 Å². The SMILES string of the molecule is CC(C)CCNC(=O)[C@@]1(C)Cn2nc(C(=O)NCCc3ccc(Cl)cc3)cc2C(=O)N1C. The van der Waals surface area contributed by atoms with Crippen LogP contribution in [0.2, 0.25) is 5.02 Å². The number of carbonyl (C=O) groups excluding carboxylic acids is 3. The van der Waals surface area contributed by atoms with E-state index in [4.69, 9.17) is 11.6 Å². The number of amides is 3. The highest BCUT2D eigenvalue weighted by Gasteiger charge is 2.46. The van der Waals surface area contributed by atoms with Crippen LogP contribution in [-0.4, -0.2) is 58.1 Å². The molecule has 3 rings (SSSR count). The summed E-state index contributed by atoms with van der Waals surface area (Å²) < 4.78 is 1.46. The van der Waals surface area contributed by atoms with Crippen molar-refractivity contribution in [2.24, 2.45) is 5.92 Å². The number of aromatic nitrogens is 2. The van der Waals surface area contributed by atoms with E-state index in [1.165, 1.54) is 15.6 Å². The van der Waals surface area contributed by atoms with Crippen LogP contribution in [-0.2, 0) is 17.8 Å². The zero-order valence-corrected chi connectivity index (χ0v) is 19.7. The number of benzene rings is 1. The van der Waals surface area contributed by atoms with Gasteiger partial charge >= 0.3 is 0 Å². The maximum absolute atomic E-state index is 12.9. The van der Waals surface area contributed by atoms with Crippen molar-refractivity contribution >= 4 is 29.3 Å². The molecule has 0 aliphatic carbocycles. The number of hydrogen-bond acceptors (Lipinski definition) is 4. The number of hydrogen-bond donors (Lipinski definition) is 2. The van der Waals surface area contributed by atoms with E-state index >= 15 is 0 Å². The number of nitrogens with zero attached hydrogens (tertiary/aromatic N) is 3. The Morgan fingerprint density at radius 3 is 2.53 bits per heavy atom. The standard InChI is InChI=1S/C23H30ClN5O3/c1-15(2)9-11-26-22(32)23(3)14-29-19(21(31)28(23)4)13-18(27-29)20(30)25-12-10-16-5-7-17(24)8-6-16/h5-8,13,15H,9-12,14H2,1-4H3,(H,25,30)(H,26,32)/t23-/m1/s1. The Hall–Kier alpha value is -2.87. The van der Waals surface area contributed by atoms with Crippen molar-refractivity contribution in [2.75, 3.05) is 20.1 Å². The molecule has 0 radical (unpaired) electrons. The third-order valence-corrected chi connectivity index (χ3v) is 6.10. The minimum atomic E-state index is -1.09. The minimum Gasteiger partial charge on any atom is -0.354 e. The van der Waals surface area contributed by atoms with Gasteiger partial charge in [-0.05, 0) is 43.4 Å². The molecule has 1 aliphatic heterocycles. The lowest BCUT2D eigenvalue weighted by Crippen LogP contribution is -2.62. The predicted molar refractivity (Wildman–Crippen MR) is 123 cm³/mol. The van der Waals surface area contributed by atoms with Gasteiger partial charge in [-0.25, -0.2) is 0 Å². The number of nitrogens with one attached hydrogen (secondary N) is 2. The maximum Gasteiger partial charge on any atom is 0.272 e. The average Bonchev–Trinajstić information content (AvgIpc) is 3.17. The normalized spacial score (nSPS) is 17.9. The molecule has 1 aliphatic rings. The average molecular weight is 460 g/mol. The Bertz CT molecular complexity index is 1000. The summed E-state index contributed by atoms with van der Waals surface area (Å²) in [5.74, 6) is -0.471. The Balaban J connectivity index is 1.66. The first-order valence-corrected chi connectivity index (χ1v) is 11.2. The van der Waals surface area contributed by atoms with Crippen molar-refractivity contribution in [3.8, 4) is 0 Å². The minimum absolute atomic E-state index is 0.155. The highest BCUT2D eigenvalue weighted by atomic mass is 35.5. The molecule has 2 N–H and O–H groups in total. The molecule has 2 heterocycles. The quantitative estimate of drug-likeness (QED) is 0.634. The second kappa shape index (κ2) is 9.73. The van der Waals surface area contributed by atoms with Gasteiger partial charge in [0, 0.05) is 31.2 Å². The molecule has 172 valence electrons. The summed E-state index contributed by atoms with van der Waals surface area (Å²) in [4.78, 5) is 39.8. The topological polar surface area (TPSA) is 96.3 Å². The summed E-state index contributed by atoms with van der Waals surface area (Å²) in [6.07, 6.45) is 1.50. The van der Waals surface area contributed by atoms with Crippen LogP contribution in [0.5, 0.6) is 0 Å². The van der Waals surface area contributed by atoms with Crippen molar-refractivity contribution in [3.63, 3.8) is 0 Å². The predicted octanol–water partition coefficient (Wildman–Crippen LogP) is 2.52. The third-order valence-electron chi connectivity index (χ3n) is 5.84. The van der Waals surface area contributed by atoms with Crippen LogP contribution in [0.3, 0.4) is 0 Å². The molecule has 8 nitrogen and oxygen atoms in total. The molecule has 3 amide bonds. The first kappa shape index (κ1) is 23.8. The Kier molecular flexibility index (Phi) is 7.23. The lowest BCUT2D eigenvalue weighted by Gasteiger charge is -2.40. The van der Waals surface area contributed by atoms with E-state index in [1.807, 2.05) is 12.1 Å². The summed E-state index contributed by atoms with van der Waals surface area (Å²) in [7, 11) is 1.60. The molecule has 0 spiro atoms. The highest BCUT2D eigenvalue weighted by Crippen LogP contribution is 2.26. The fourth-order valence-electron chi connectivity index (χ4n) is 3.56. The fourth-order valence-corrected chi connectivity index (χ4v) is 3.69. The van der Waals surface area contributed by atoms with Gasteiger partial charge < -0.3 is 15.5 Å². The van der Waals surface area contributed by atoms with Crippen LogP contribution in [0.25, 0.3) is 0 Å². The summed E-state index contributed by atoms with van der Waals surface area (Å²) in [6, 6.07) is 8.91. The zero-order valence-electron chi connectivity index (χ0n) is 18.9. The molecular formula is C23H30ClN5O3. The van der Waals surface area contributed by atoms with Crippen LogP contribution < -0.4 is 10.6 Å². The molecule has 0 fully saturated rings. The van der Waals surface area contributed by atoms with E-state index in [0.29, 0.717) is 36.1 Å². The molecule has 1 atom stereocenters. The van der Waals surface area contributed by atoms with Gasteiger partial charge in [0.15, 0.2) is 5.69 Å². The van der Waals surface area contributed by atoms with Gasteiger partial charge in [0.05, 0.1) is 6.54 Å². The maximum atomic E-state index is 12.9. The van der Waals surface area contributed by atoms with E-state index in [-0.39, 0.29) is 30.0 Å². The number of likely N-dealkylation sites (N-methyl/N-ethyl adjacent to an activating group) is 1. The van der Waals surface area contributed by atoms with E-state index < -0.39 is 5.54 Å². The molecule has 1 aromatic carbocycles. The first-order valence-electron chi connectivity index (χ1n) is 10.8. The monoisotopic (exact) mass is 459 g/mol. The van der Waals surface area contributed by atoms with Gasteiger partial charge in [-0.1, -0.05) is 37.6 Å². The third kappa shape index (κ3) is 5.12. The van der Waals surface area contributed by atoms with Crippen molar-refractivity contribution in [2.45, 2.75) is 45.7 Å². The smallest absolute Gasteiger partial charge is 0.272 e. The van der Waals surface area contributed by atoms with Gasteiger partial charge in [-0.3, -0.25) is 19.1 Å². The molecule has 0 unspecified atom stereocenters. The van der Waals surface area contributed by atoms with E-state index in [1.54, 1.807) is 26.1 Å². The largest absolute Gasteiger partial charge is 0.354 e. The fraction of sp³-hybridized carbons (Fsp3) is 0.478. The summed E-state index contributed by atoms with van der Waals surface area (Å²) >= 11 is 5.89. The molecular weight excluding hydrogens is 430 g/mol. The van der Waals surface area contributed by atoms with Crippen LogP contribution in [0, 0.1) is 5.92 Å². The number of carbonyl (C=O) groups is 3. The summed E-state index contributed by atoms with van der Waals surface area (Å²) in [6.45, 7) is 7.03. The first-order chi connectivity index (χ1) is 15.1. The highest BCUT2D eigenvalue weighted by molar-refractivity contribution is 6.30. The molecule has 0 saturated heterocycles. The molecule has 1 aromatic heterocycles. The zero-order chi connectivity index (χ0) is 23.5. The molecule has 0 bridgehead atoms. The van der Waals surface area contributed by atoms with Gasteiger partial charge in [0.2, 0.25) is 5.91 Å². The molecule has 0 saturated carbocycles. The van der Waals surface area contributed by atoms with Crippen LogP contribution >= 0.6 is 11.6 Å². The molecule has 9 heteroatoms. The second-order valence-electron chi connectivity index (χ2n) is 8.78. The van der Waals surface area contributed by atoms with Crippen LogP contribution in [0.1, 0.15) is 53.7 Å². The van der Waals surface area contributed by atoms with E-state index in [9.17, 15) is 14.4 Å². The molecule has 2 aromatic rings. The van der Waals surface area contributed by atoms with E-state index in [2.05, 4.69) is 29.6 Å². The van der Waals surface area contributed by atoms with Crippen molar-refractivity contribution < 1.29 is 14.4 Å². The Morgan fingerprint density at radius 1 is 1.19 bits per heavy atom. The van der Waals surface area contributed by atoms with Gasteiger partial charge in [-0.15, -0.1) is 0 Å².